The number of nitrogens with zero attached hydrogens (tertiary/aromatic N) is 2. The molecule has 1 atom stereocenters. The van der Waals surface area contributed by atoms with E-state index in [1.807, 2.05) is 13.8 Å². The molecule has 0 bridgehead atoms. The molecular weight excluding hydrogens is 454 g/mol. The predicted octanol–water partition coefficient (Wildman–Crippen LogP) is 2.92. The molecule has 2 heterocycles. The molecule has 0 spiro atoms. The first-order valence-electron chi connectivity index (χ1n) is 10.8. The lowest BCUT2D eigenvalue weighted by Crippen LogP contribution is -2.56. The van der Waals surface area contributed by atoms with Crippen molar-refractivity contribution in [3.8, 4) is 5.75 Å². The summed E-state index contributed by atoms with van der Waals surface area (Å²) in [5.41, 5.74) is 1.77. The first kappa shape index (κ1) is 23.3. The molecule has 4 rings (SSSR count). The Kier molecular flexibility index (Phi) is 6.30. The van der Waals surface area contributed by atoms with Crippen LogP contribution in [0, 0.1) is 0 Å². The van der Waals surface area contributed by atoms with Crippen LogP contribution in [0.5, 0.6) is 5.75 Å². The van der Waals surface area contributed by atoms with E-state index in [0.717, 1.165) is 4.90 Å². The van der Waals surface area contributed by atoms with Crippen LogP contribution in [0.1, 0.15) is 52.1 Å². The molecule has 0 aromatic heterocycles. The van der Waals surface area contributed by atoms with Gasteiger partial charge in [-0.15, -0.1) is 0 Å². The highest BCUT2D eigenvalue weighted by molar-refractivity contribution is 7.80. The first-order valence-corrected chi connectivity index (χ1v) is 11.2. The van der Waals surface area contributed by atoms with Crippen LogP contribution < -0.4 is 10.1 Å². The van der Waals surface area contributed by atoms with Gasteiger partial charge >= 0.3 is 0 Å². The average Bonchev–Trinajstić information content (AvgIpc) is 3.06. The maximum atomic E-state index is 13.0. The highest BCUT2D eigenvalue weighted by Crippen LogP contribution is 2.29. The summed E-state index contributed by atoms with van der Waals surface area (Å²) < 4.78 is 5.43. The van der Waals surface area contributed by atoms with Gasteiger partial charge in [0.15, 0.2) is 5.11 Å². The molecule has 1 fully saturated rings. The second kappa shape index (κ2) is 9.18. The van der Waals surface area contributed by atoms with E-state index in [0.29, 0.717) is 34.4 Å². The van der Waals surface area contributed by atoms with Crippen LogP contribution >= 0.6 is 12.2 Å². The number of carbonyl (C=O) groups excluding carboxylic acids is 4. The minimum absolute atomic E-state index is 0.0181. The average molecular weight is 478 g/mol. The van der Waals surface area contributed by atoms with Crippen molar-refractivity contribution in [3.63, 3.8) is 0 Å². The molecule has 0 radical (unpaired) electrons. The van der Waals surface area contributed by atoms with Crippen LogP contribution in [0.15, 0.2) is 48.0 Å². The van der Waals surface area contributed by atoms with Crippen molar-refractivity contribution in [3.05, 3.63) is 70.3 Å². The molecule has 2 aliphatic rings. The summed E-state index contributed by atoms with van der Waals surface area (Å²) in [6.07, 6.45) is 2.14. The highest BCUT2D eigenvalue weighted by Gasteiger charge is 2.37. The monoisotopic (exact) mass is 477 g/mol. The Morgan fingerprint density at radius 2 is 1.68 bits per heavy atom. The zero-order chi connectivity index (χ0) is 24.6. The Morgan fingerprint density at radius 1 is 1.03 bits per heavy atom. The Bertz CT molecular complexity index is 1230. The Morgan fingerprint density at radius 3 is 2.26 bits per heavy atom. The number of carbonyl (C=O) groups is 4. The van der Waals surface area contributed by atoms with Gasteiger partial charge < -0.3 is 4.74 Å². The molecule has 34 heavy (non-hydrogen) atoms. The second-order valence-corrected chi connectivity index (χ2v) is 8.45. The van der Waals surface area contributed by atoms with Gasteiger partial charge in [0.1, 0.15) is 11.3 Å². The molecule has 1 unspecified atom stereocenters. The van der Waals surface area contributed by atoms with E-state index in [4.69, 9.17) is 17.0 Å². The molecule has 1 saturated heterocycles. The van der Waals surface area contributed by atoms with E-state index in [2.05, 4.69) is 5.32 Å². The Hall–Kier alpha value is -3.85. The number of hydrogen-bond donors (Lipinski definition) is 1. The molecule has 174 valence electrons. The lowest BCUT2D eigenvalue weighted by molar-refractivity contribution is -0.130. The van der Waals surface area contributed by atoms with Crippen LogP contribution in [0.2, 0.25) is 0 Å². The Balaban J connectivity index is 1.67. The summed E-state index contributed by atoms with van der Waals surface area (Å²) in [6.45, 7) is 3.76. The van der Waals surface area contributed by atoms with Crippen molar-refractivity contribution < 1.29 is 23.9 Å². The summed E-state index contributed by atoms with van der Waals surface area (Å²) in [6, 6.07) is 11.5. The predicted molar refractivity (Wildman–Crippen MR) is 129 cm³/mol. The second-order valence-electron chi connectivity index (χ2n) is 8.06. The number of hydrogen-bond acceptors (Lipinski definition) is 6. The molecule has 4 amide bonds. The third-order valence-electron chi connectivity index (χ3n) is 5.99. The lowest BCUT2D eigenvalue weighted by Gasteiger charge is -2.33. The number of methoxy groups -OCH3 is 1. The van der Waals surface area contributed by atoms with E-state index < -0.39 is 11.8 Å². The van der Waals surface area contributed by atoms with E-state index in [1.54, 1.807) is 42.5 Å². The third-order valence-corrected chi connectivity index (χ3v) is 6.29. The van der Waals surface area contributed by atoms with Crippen LogP contribution in [0.25, 0.3) is 6.08 Å². The summed E-state index contributed by atoms with van der Waals surface area (Å²) in [4.78, 5) is 53.7. The zero-order valence-electron chi connectivity index (χ0n) is 19.0. The fourth-order valence-electron chi connectivity index (χ4n) is 3.99. The molecule has 2 aromatic carbocycles. The van der Waals surface area contributed by atoms with Gasteiger partial charge in [-0.3, -0.25) is 34.3 Å². The molecule has 0 aliphatic carbocycles. The van der Waals surface area contributed by atoms with Crippen molar-refractivity contribution in [2.24, 2.45) is 0 Å². The molecule has 2 aliphatic heterocycles. The lowest BCUT2D eigenvalue weighted by atomic mass is 10.0. The zero-order valence-corrected chi connectivity index (χ0v) is 19.8. The molecule has 8 nitrogen and oxygen atoms in total. The molecule has 2 aromatic rings. The largest absolute Gasteiger partial charge is 0.496 e. The molecule has 1 N–H and O–H groups in total. The number of ether oxygens (including phenoxy) is 1. The van der Waals surface area contributed by atoms with E-state index in [9.17, 15) is 19.2 Å². The van der Waals surface area contributed by atoms with Crippen LogP contribution in [0.3, 0.4) is 0 Å². The van der Waals surface area contributed by atoms with Gasteiger partial charge in [0, 0.05) is 11.6 Å². The number of fused-ring (bicyclic) bond motifs is 1. The quantitative estimate of drug-likeness (QED) is 0.298. The van der Waals surface area contributed by atoms with Gasteiger partial charge in [-0.25, -0.2) is 0 Å². The van der Waals surface area contributed by atoms with Gasteiger partial charge in [-0.05, 0) is 61.5 Å². The summed E-state index contributed by atoms with van der Waals surface area (Å²) in [5, 5.41) is 2.66. The van der Waals surface area contributed by atoms with E-state index in [1.165, 1.54) is 18.1 Å². The number of nitrogens with one attached hydrogen (secondary N) is 1. The fourth-order valence-corrected chi connectivity index (χ4v) is 4.34. The van der Waals surface area contributed by atoms with Crippen LogP contribution in [-0.4, -0.2) is 51.7 Å². The number of benzene rings is 2. The highest BCUT2D eigenvalue weighted by atomic mass is 32.1. The molecule has 0 saturated carbocycles. The van der Waals surface area contributed by atoms with Gasteiger partial charge in [-0.1, -0.05) is 25.1 Å². The molecular formula is C25H23N3O5S. The SMILES string of the molecule is CCC(C)N1C(=O)C(=Cc2ccc(OC)c(CN3C(=O)c4ccccc4C3=O)c2)C(=O)NC1=S. The summed E-state index contributed by atoms with van der Waals surface area (Å²) in [5.74, 6) is -1.34. The fraction of sp³-hybridized carbons (Fsp3) is 0.240. The minimum Gasteiger partial charge on any atom is -0.496 e. The Labute approximate surface area is 202 Å². The maximum absolute atomic E-state index is 13.0. The van der Waals surface area contributed by atoms with Crippen LogP contribution in [0.4, 0.5) is 0 Å². The number of imide groups is 1. The third kappa shape index (κ3) is 3.99. The van der Waals surface area contributed by atoms with Crippen molar-refractivity contribution in [1.29, 1.82) is 0 Å². The summed E-state index contributed by atoms with van der Waals surface area (Å²) in [7, 11) is 1.49. The maximum Gasteiger partial charge on any atom is 0.265 e. The van der Waals surface area contributed by atoms with Crippen LogP contribution in [-0.2, 0) is 16.1 Å². The van der Waals surface area contributed by atoms with Crippen molar-refractivity contribution >= 4 is 47.0 Å². The topological polar surface area (TPSA) is 96.0 Å². The summed E-state index contributed by atoms with van der Waals surface area (Å²) >= 11 is 5.19. The van der Waals surface area contributed by atoms with Gasteiger partial charge in [0.2, 0.25) is 0 Å². The van der Waals surface area contributed by atoms with Crippen molar-refractivity contribution in [1.82, 2.24) is 15.1 Å². The van der Waals surface area contributed by atoms with E-state index >= 15 is 0 Å². The van der Waals surface area contributed by atoms with Crippen molar-refractivity contribution in [2.75, 3.05) is 7.11 Å². The number of amides is 4. The van der Waals surface area contributed by atoms with Gasteiger partial charge in [0.05, 0.1) is 24.8 Å². The van der Waals surface area contributed by atoms with E-state index in [-0.39, 0.29) is 35.1 Å². The first-order chi connectivity index (χ1) is 16.3. The smallest absolute Gasteiger partial charge is 0.265 e. The van der Waals surface area contributed by atoms with Gasteiger partial charge in [-0.2, -0.15) is 0 Å². The van der Waals surface area contributed by atoms with Gasteiger partial charge in [0.25, 0.3) is 23.6 Å². The normalized spacial score (nSPS) is 17.9. The van der Waals surface area contributed by atoms with Crippen molar-refractivity contribution in [2.45, 2.75) is 32.9 Å². The molecule has 9 heteroatoms. The number of rotatable bonds is 6. The number of thiocarbonyl (C=S) groups is 1. The standard InChI is InChI=1S/C25H23N3O5S/c1-4-14(2)28-24(32)19(21(29)26-25(28)34)12-15-9-10-20(33-3)16(11-15)13-27-22(30)17-7-5-6-8-18(17)23(27)31/h5-12,14H,4,13H2,1-3H3,(H,26,29,34). The minimum atomic E-state index is -0.577.